The maximum absolute atomic E-state index is 12.6. The quantitative estimate of drug-likeness (QED) is 0.755. The van der Waals surface area contributed by atoms with Gasteiger partial charge in [0.1, 0.15) is 0 Å². The molecule has 0 radical (unpaired) electrons. The number of ether oxygens (including phenoxy) is 1. The molecule has 0 fully saturated rings. The number of hydrogen-bond donors (Lipinski definition) is 0. The fraction of sp³-hybridized carbons (Fsp3) is 0.263. The van der Waals surface area contributed by atoms with Crippen molar-refractivity contribution in [2.45, 2.75) is 26.0 Å². The second-order valence-electron chi connectivity index (χ2n) is 5.95. The number of hydrogen-bond acceptors (Lipinski definition) is 3. The van der Waals surface area contributed by atoms with Crippen LogP contribution in [0.1, 0.15) is 28.4 Å². The SMILES string of the molecule is C[C@@H](OC(=O)c1ccc(Cl)cc1Cl)C(=O)N1CCc2ccccc2C1. The van der Waals surface area contributed by atoms with E-state index in [1.54, 1.807) is 17.9 Å². The van der Waals surface area contributed by atoms with Gasteiger partial charge in [-0.05, 0) is 42.7 Å². The van der Waals surface area contributed by atoms with Gasteiger partial charge in [-0.2, -0.15) is 0 Å². The molecular weight excluding hydrogens is 361 g/mol. The Kier molecular flexibility index (Phi) is 5.30. The van der Waals surface area contributed by atoms with E-state index in [4.69, 9.17) is 27.9 Å². The van der Waals surface area contributed by atoms with Gasteiger partial charge >= 0.3 is 5.97 Å². The number of fused-ring (bicyclic) bond motifs is 1. The molecule has 1 aliphatic rings. The van der Waals surface area contributed by atoms with Gasteiger partial charge in [0.15, 0.2) is 6.10 Å². The lowest BCUT2D eigenvalue weighted by atomic mass is 9.99. The van der Waals surface area contributed by atoms with Gasteiger partial charge in [-0.1, -0.05) is 47.5 Å². The molecular formula is C19H17Cl2NO3. The lowest BCUT2D eigenvalue weighted by Crippen LogP contribution is -2.42. The van der Waals surface area contributed by atoms with Crippen LogP contribution >= 0.6 is 23.2 Å². The van der Waals surface area contributed by atoms with E-state index in [2.05, 4.69) is 6.07 Å². The number of rotatable bonds is 3. The molecule has 0 saturated carbocycles. The molecule has 1 atom stereocenters. The van der Waals surface area contributed by atoms with Crippen molar-refractivity contribution in [3.8, 4) is 0 Å². The average Bonchev–Trinajstić information content (AvgIpc) is 2.60. The summed E-state index contributed by atoms with van der Waals surface area (Å²) in [5, 5.41) is 0.627. The third-order valence-electron chi connectivity index (χ3n) is 4.22. The van der Waals surface area contributed by atoms with Crippen LogP contribution in [0.3, 0.4) is 0 Å². The van der Waals surface area contributed by atoms with E-state index in [0.29, 0.717) is 18.1 Å². The summed E-state index contributed by atoms with van der Waals surface area (Å²) in [4.78, 5) is 26.6. The van der Waals surface area contributed by atoms with E-state index in [0.717, 1.165) is 12.0 Å². The number of carbonyl (C=O) groups is 2. The normalized spacial score (nSPS) is 14.6. The van der Waals surface area contributed by atoms with Crippen LogP contribution in [-0.4, -0.2) is 29.4 Å². The molecule has 1 aliphatic heterocycles. The minimum Gasteiger partial charge on any atom is -0.449 e. The Balaban J connectivity index is 1.66. The number of carbonyl (C=O) groups excluding carboxylic acids is 2. The lowest BCUT2D eigenvalue weighted by molar-refractivity contribution is -0.140. The van der Waals surface area contributed by atoms with Crippen LogP contribution < -0.4 is 0 Å². The number of esters is 1. The first-order valence-electron chi connectivity index (χ1n) is 7.97. The van der Waals surface area contributed by atoms with E-state index in [9.17, 15) is 9.59 Å². The largest absolute Gasteiger partial charge is 0.449 e. The maximum Gasteiger partial charge on any atom is 0.340 e. The van der Waals surface area contributed by atoms with Crippen LogP contribution in [0.4, 0.5) is 0 Å². The Morgan fingerprint density at radius 3 is 2.56 bits per heavy atom. The standard InChI is InChI=1S/C19H17Cl2NO3/c1-12(25-19(24)16-7-6-15(20)10-17(16)21)18(23)22-9-8-13-4-2-3-5-14(13)11-22/h2-7,10,12H,8-9,11H2,1H3/t12-/m1/s1. The van der Waals surface area contributed by atoms with Gasteiger partial charge in [-0.25, -0.2) is 4.79 Å². The predicted octanol–water partition coefficient (Wildman–Crippen LogP) is 4.12. The zero-order chi connectivity index (χ0) is 18.0. The number of nitrogens with zero attached hydrogens (tertiary/aromatic N) is 1. The van der Waals surface area contributed by atoms with Crippen molar-refractivity contribution in [1.29, 1.82) is 0 Å². The summed E-state index contributed by atoms with van der Waals surface area (Å²) >= 11 is 11.8. The molecule has 2 aromatic rings. The zero-order valence-electron chi connectivity index (χ0n) is 13.7. The topological polar surface area (TPSA) is 46.6 Å². The molecule has 6 heteroatoms. The van der Waals surface area contributed by atoms with Gasteiger partial charge in [-0.15, -0.1) is 0 Å². The fourth-order valence-corrected chi connectivity index (χ4v) is 3.36. The van der Waals surface area contributed by atoms with Crippen LogP contribution in [0.2, 0.25) is 10.0 Å². The van der Waals surface area contributed by atoms with Gasteiger partial charge in [0, 0.05) is 18.1 Å². The van der Waals surface area contributed by atoms with Crippen LogP contribution in [0.15, 0.2) is 42.5 Å². The van der Waals surface area contributed by atoms with Crippen molar-refractivity contribution in [2.75, 3.05) is 6.54 Å². The summed E-state index contributed by atoms with van der Waals surface area (Å²) < 4.78 is 5.30. The molecule has 130 valence electrons. The van der Waals surface area contributed by atoms with Gasteiger partial charge < -0.3 is 9.64 Å². The van der Waals surface area contributed by atoms with Gasteiger partial charge in [0.2, 0.25) is 0 Å². The Morgan fingerprint density at radius 2 is 1.84 bits per heavy atom. The number of amides is 1. The smallest absolute Gasteiger partial charge is 0.340 e. The Bertz CT molecular complexity index is 822. The summed E-state index contributed by atoms with van der Waals surface area (Å²) in [5.41, 5.74) is 2.57. The molecule has 25 heavy (non-hydrogen) atoms. The molecule has 1 heterocycles. The molecule has 4 nitrogen and oxygen atoms in total. The molecule has 0 aromatic heterocycles. The summed E-state index contributed by atoms with van der Waals surface area (Å²) in [6.45, 7) is 2.71. The van der Waals surface area contributed by atoms with Crippen molar-refractivity contribution >= 4 is 35.1 Å². The first-order valence-corrected chi connectivity index (χ1v) is 8.73. The van der Waals surface area contributed by atoms with Crippen LogP contribution in [0, 0.1) is 0 Å². The Morgan fingerprint density at radius 1 is 1.12 bits per heavy atom. The average molecular weight is 378 g/mol. The first kappa shape index (κ1) is 17.8. The summed E-state index contributed by atoms with van der Waals surface area (Å²) in [6.07, 6.45) is -0.0875. The lowest BCUT2D eigenvalue weighted by Gasteiger charge is -2.30. The highest BCUT2D eigenvalue weighted by molar-refractivity contribution is 6.36. The molecule has 0 aliphatic carbocycles. The van der Waals surface area contributed by atoms with Gasteiger partial charge in [0.25, 0.3) is 5.91 Å². The van der Waals surface area contributed by atoms with E-state index < -0.39 is 12.1 Å². The van der Waals surface area contributed by atoms with Crippen molar-refractivity contribution in [1.82, 2.24) is 4.90 Å². The highest BCUT2D eigenvalue weighted by Gasteiger charge is 2.27. The highest BCUT2D eigenvalue weighted by Crippen LogP contribution is 2.23. The van der Waals surface area contributed by atoms with E-state index in [1.807, 2.05) is 18.2 Å². The third-order valence-corrected chi connectivity index (χ3v) is 4.77. The molecule has 0 saturated heterocycles. The predicted molar refractivity (Wildman–Crippen MR) is 96.9 cm³/mol. The molecule has 0 bridgehead atoms. The summed E-state index contributed by atoms with van der Waals surface area (Å²) in [7, 11) is 0. The first-order chi connectivity index (χ1) is 12.0. The van der Waals surface area contributed by atoms with E-state index in [-0.39, 0.29) is 16.5 Å². The zero-order valence-corrected chi connectivity index (χ0v) is 15.2. The van der Waals surface area contributed by atoms with Crippen molar-refractivity contribution in [2.24, 2.45) is 0 Å². The summed E-state index contributed by atoms with van der Waals surface area (Å²) in [5.74, 6) is -0.854. The van der Waals surface area contributed by atoms with Gasteiger partial charge in [-0.3, -0.25) is 4.79 Å². The fourth-order valence-electron chi connectivity index (χ4n) is 2.87. The molecule has 1 amide bonds. The van der Waals surface area contributed by atoms with Crippen LogP contribution in [0.25, 0.3) is 0 Å². The Labute approximate surface area is 156 Å². The van der Waals surface area contributed by atoms with Crippen molar-refractivity contribution in [3.63, 3.8) is 0 Å². The monoisotopic (exact) mass is 377 g/mol. The third kappa shape index (κ3) is 3.97. The Hall–Kier alpha value is -2.04. The van der Waals surface area contributed by atoms with Crippen LogP contribution in [-0.2, 0) is 22.5 Å². The molecule has 3 rings (SSSR count). The molecule has 0 unspecified atom stereocenters. The number of benzene rings is 2. The van der Waals surface area contributed by atoms with Gasteiger partial charge in [0.05, 0.1) is 10.6 Å². The molecule has 0 N–H and O–H groups in total. The second-order valence-corrected chi connectivity index (χ2v) is 6.79. The summed E-state index contributed by atoms with van der Waals surface area (Å²) in [6, 6.07) is 12.5. The van der Waals surface area contributed by atoms with Crippen LogP contribution in [0.5, 0.6) is 0 Å². The maximum atomic E-state index is 12.6. The minimum absolute atomic E-state index is 0.190. The highest BCUT2D eigenvalue weighted by atomic mass is 35.5. The molecule has 2 aromatic carbocycles. The van der Waals surface area contributed by atoms with Crippen molar-refractivity contribution < 1.29 is 14.3 Å². The van der Waals surface area contributed by atoms with E-state index in [1.165, 1.54) is 17.7 Å². The minimum atomic E-state index is -0.885. The number of halogens is 2. The second kappa shape index (κ2) is 7.46. The van der Waals surface area contributed by atoms with E-state index >= 15 is 0 Å². The van der Waals surface area contributed by atoms with Crippen molar-refractivity contribution in [3.05, 3.63) is 69.2 Å². The molecule has 0 spiro atoms.